The number of nitrogens with two attached hydrogens (primary N) is 1. The first-order valence-corrected chi connectivity index (χ1v) is 8.26. The van der Waals surface area contributed by atoms with Crippen molar-refractivity contribution in [2.45, 2.75) is 45.7 Å². The molecule has 0 aliphatic carbocycles. The number of aryl methyl sites for hydroxylation is 1. The molecule has 1 aromatic rings. The molecule has 0 spiro atoms. The highest BCUT2D eigenvalue weighted by Gasteiger charge is 2.10. The van der Waals surface area contributed by atoms with Crippen molar-refractivity contribution in [1.29, 1.82) is 0 Å². The van der Waals surface area contributed by atoms with Gasteiger partial charge in [-0.05, 0) is 24.8 Å². The standard InChI is InChI=1S/C12H23N3O2S/c1-3-6-18(16,17)7-5-15-10-11(9-14-15)8-12(13)4-2/h9-10,12H,3-8,13H2,1-2H3. The summed E-state index contributed by atoms with van der Waals surface area (Å²) in [7, 11) is -2.93. The Hall–Kier alpha value is -0.880. The summed E-state index contributed by atoms with van der Waals surface area (Å²) >= 11 is 0. The van der Waals surface area contributed by atoms with Crippen LogP contribution in [0.1, 0.15) is 32.3 Å². The van der Waals surface area contributed by atoms with Crippen molar-refractivity contribution in [3.05, 3.63) is 18.0 Å². The second-order valence-corrected chi connectivity index (χ2v) is 6.94. The molecule has 0 amide bonds. The summed E-state index contributed by atoms with van der Waals surface area (Å²) in [5, 5.41) is 4.16. The largest absolute Gasteiger partial charge is 0.327 e. The van der Waals surface area contributed by atoms with Crippen LogP contribution in [0.2, 0.25) is 0 Å². The molecule has 0 fully saturated rings. The Bertz CT molecular complexity index is 454. The van der Waals surface area contributed by atoms with Crippen LogP contribution in [0.15, 0.2) is 12.4 Å². The van der Waals surface area contributed by atoms with Gasteiger partial charge in [-0.3, -0.25) is 4.68 Å². The molecule has 0 aromatic carbocycles. The third-order valence-electron chi connectivity index (χ3n) is 2.86. The summed E-state index contributed by atoms with van der Waals surface area (Å²) in [4.78, 5) is 0. The van der Waals surface area contributed by atoms with Gasteiger partial charge in [0.25, 0.3) is 0 Å². The van der Waals surface area contributed by atoms with Crippen molar-refractivity contribution in [2.24, 2.45) is 5.73 Å². The molecule has 1 heterocycles. The minimum Gasteiger partial charge on any atom is -0.327 e. The first kappa shape index (κ1) is 15.2. The fourth-order valence-corrected chi connectivity index (χ4v) is 3.02. The van der Waals surface area contributed by atoms with Crippen molar-refractivity contribution in [3.8, 4) is 0 Å². The first-order valence-electron chi connectivity index (χ1n) is 6.44. The van der Waals surface area contributed by atoms with E-state index in [0.717, 1.165) is 18.4 Å². The maximum atomic E-state index is 11.6. The Balaban J connectivity index is 2.49. The third kappa shape index (κ3) is 5.18. The van der Waals surface area contributed by atoms with Crippen LogP contribution in [0.3, 0.4) is 0 Å². The van der Waals surface area contributed by atoms with Crippen LogP contribution >= 0.6 is 0 Å². The van der Waals surface area contributed by atoms with Crippen LogP contribution in [-0.4, -0.2) is 35.7 Å². The SMILES string of the molecule is CCCS(=O)(=O)CCn1cc(CC(N)CC)cn1. The lowest BCUT2D eigenvalue weighted by molar-refractivity contribution is 0.579. The molecule has 2 N–H and O–H groups in total. The quantitative estimate of drug-likeness (QED) is 0.766. The number of aromatic nitrogens is 2. The highest BCUT2D eigenvalue weighted by molar-refractivity contribution is 7.91. The molecule has 5 nitrogen and oxygen atoms in total. The Morgan fingerprint density at radius 1 is 1.39 bits per heavy atom. The summed E-state index contributed by atoms with van der Waals surface area (Å²) in [6.07, 6.45) is 6.03. The van der Waals surface area contributed by atoms with Gasteiger partial charge < -0.3 is 5.73 Å². The van der Waals surface area contributed by atoms with Gasteiger partial charge in [0.05, 0.1) is 18.5 Å². The monoisotopic (exact) mass is 273 g/mol. The lowest BCUT2D eigenvalue weighted by Crippen LogP contribution is -2.21. The molecule has 0 aliphatic heterocycles. The molecule has 1 unspecified atom stereocenters. The molecular weight excluding hydrogens is 250 g/mol. The average Bonchev–Trinajstić information content (AvgIpc) is 2.74. The van der Waals surface area contributed by atoms with Crippen molar-refractivity contribution in [1.82, 2.24) is 9.78 Å². The minimum atomic E-state index is -2.93. The molecule has 0 saturated heterocycles. The highest BCUT2D eigenvalue weighted by Crippen LogP contribution is 2.04. The Morgan fingerprint density at radius 2 is 2.11 bits per heavy atom. The van der Waals surface area contributed by atoms with Gasteiger partial charge >= 0.3 is 0 Å². The molecule has 0 saturated carbocycles. The van der Waals surface area contributed by atoms with Crippen molar-refractivity contribution in [2.75, 3.05) is 11.5 Å². The van der Waals surface area contributed by atoms with Gasteiger partial charge in [0.1, 0.15) is 0 Å². The van der Waals surface area contributed by atoms with E-state index in [9.17, 15) is 8.42 Å². The Kier molecular flexibility index (Phi) is 5.81. The predicted octanol–water partition coefficient (Wildman–Crippen LogP) is 0.988. The molecule has 0 radical (unpaired) electrons. The molecule has 1 atom stereocenters. The fraction of sp³-hybridized carbons (Fsp3) is 0.750. The molecule has 1 rings (SSSR count). The Morgan fingerprint density at radius 3 is 2.72 bits per heavy atom. The van der Waals surface area contributed by atoms with Crippen molar-refractivity contribution < 1.29 is 8.42 Å². The normalized spacial score (nSPS) is 13.7. The maximum Gasteiger partial charge on any atom is 0.152 e. The first-order chi connectivity index (χ1) is 8.46. The predicted molar refractivity (Wildman–Crippen MR) is 73.1 cm³/mol. The van der Waals surface area contributed by atoms with E-state index in [0.29, 0.717) is 13.0 Å². The van der Waals surface area contributed by atoms with Gasteiger partial charge in [-0.2, -0.15) is 5.10 Å². The average molecular weight is 273 g/mol. The van der Waals surface area contributed by atoms with Gasteiger partial charge in [0.15, 0.2) is 9.84 Å². The smallest absolute Gasteiger partial charge is 0.152 e. The van der Waals surface area contributed by atoms with E-state index in [1.165, 1.54) is 0 Å². The second-order valence-electron chi connectivity index (χ2n) is 4.64. The van der Waals surface area contributed by atoms with Crippen LogP contribution in [0.4, 0.5) is 0 Å². The molecule has 1 aromatic heterocycles. The second kappa shape index (κ2) is 6.89. The molecule has 18 heavy (non-hydrogen) atoms. The van der Waals surface area contributed by atoms with E-state index in [1.54, 1.807) is 10.9 Å². The van der Waals surface area contributed by atoms with Crippen molar-refractivity contribution >= 4 is 9.84 Å². The van der Waals surface area contributed by atoms with Gasteiger partial charge in [-0.1, -0.05) is 13.8 Å². The zero-order valence-corrected chi connectivity index (χ0v) is 12.0. The topological polar surface area (TPSA) is 78.0 Å². The summed E-state index contributed by atoms with van der Waals surface area (Å²) in [5.74, 6) is 0.406. The summed E-state index contributed by atoms with van der Waals surface area (Å²) in [6, 6.07) is 0.145. The van der Waals surface area contributed by atoms with Crippen LogP contribution < -0.4 is 5.73 Å². The number of rotatable bonds is 8. The van der Waals surface area contributed by atoms with Gasteiger partial charge in [0.2, 0.25) is 0 Å². The third-order valence-corrected chi connectivity index (χ3v) is 4.69. The number of sulfone groups is 1. The highest BCUT2D eigenvalue weighted by atomic mass is 32.2. The van der Waals surface area contributed by atoms with E-state index in [1.807, 2.05) is 20.0 Å². The molecule has 6 heteroatoms. The maximum absolute atomic E-state index is 11.6. The van der Waals surface area contributed by atoms with Crippen LogP contribution in [-0.2, 0) is 22.8 Å². The lowest BCUT2D eigenvalue weighted by Gasteiger charge is -2.05. The fourth-order valence-electron chi connectivity index (χ4n) is 1.73. The van der Waals surface area contributed by atoms with Gasteiger partial charge in [-0.25, -0.2) is 8.42 Å². The number of hydrogen-bond acceptors (Lipinski definition) is 4. The lowest BCUT2D eigenvalue weighted by atomic mass is 10.1. The zero-order chi connectivity index (χ0) is 13.6. The van der Waals surface area contributed by atoms with E-state index < -0.39 is 9.84 Å². The van der Waals surface area contributed by atoms with Crippen molar-refractivity contribution in [3.63, 3.8) is 0 Å². The van der Waals surface area contributed by atoms with Crippen LogP contribution in [0.5, 0.6) is 0 Å². The van der Waals surface area contributed by atoms with Crippen LogP contribution in [0, 0.1) is 0 Å². The number of hydrogen-bond donors (Lipinski definition) is 1. The zero-order valence-electron chi connectivity index (χ0n) is 11.2. The van der Waals surface area contributed by atoms with Crippen LogP contribution in [0.25, 0.3) is 0 Å². The summed E-state index contributed by atoms with van der Waals surface area (Å²) in [6.45, 7) is 4.34. The Labute approximate surface area is 109 Å². The van der Waals surface area contributed by atoms with Gasteiger partial charge in [-0.15, -0.1) is 0 Å². The van der Waals surface area contributed by atoms with E-state index in [-0.39, 0.29) is 17.5 Å². The summed E-state index contributed by atoms with van der Waals surface area (Å²) in [5.41, 5.74) is 6.93. The van der Waals surface area contributed by atoms with Gasteiger partial charge in [0, 0.05) is 18.0 Å². The number of nitrogens with zero attached hydrogens (tertiary/aromatic N) is 2. The molecular formula is C12H23N3O2S. The van der Waals surface area contributed by atoms with E-state index in [4.69, 9.17) is 5.73 Å². The minimum absolute atomic E-state index is 0.145. The molecule has 104 valence electrons. The molecule has 0 bridgehead atoms. The van der Waals surface area contributed by atoms with E-state index >= 15 is 0 Å². The van der Waals surface area contributed by atoms with E-state index in [2.05, 4.69) is 5.10 Å². The summed E-state index contributed by atoms with van der Waals surface area (Å²) < 4.78 is 24.8. The molecule has 0 aliphatic rings.